The fourth-order valence-electron chi connectivity index (χ4n) is 6.69. The Kier molecular flexibility index (Phi) is 4.80. The predicted molar refractivity (Wildman–Crippen MR) is 210 cm³/mol. The summed E-state index contributed by atoms with van der Waals surface area (Å²) in [7, 11) is 0. The Morgan fingerprint density at radius 1 is 0.469 bits per heavy atom. The van der Waals surface area contributed by atoms with Crippen molar-refractivity contribution in [1.29, 1.82) is 0 Å². The molecule has 2 heterocycles. The molecule has 0 fully saturated rings. The number of hydrogen-bond donors (Lipinski definition) is 0. The summed E-state index contributed by atoms with van der Waals surface area (Å²) in [5.74, 6) is 0. The fraction of sp³-hybridized carbons (Fsp3) is 0. The number of anilines is 3. The number of para-hydroxylation sites is 1. The van der Waals surface area contributed by atoms with E-state index in [0.717, 1.165) is 41.7 Å². The molecule has 0 aliphatic carbocycles. The Morgan fingerprint density at radius 2 is 1.22 bits per heavy atom. The van der Waals surface area contributed by atoms with Gasteiger partial charge in [0, 0.05) is 54.1 Å². The van der Waals surface area contributed by atoms with E-state index in [1.807, 2.05) is 109 Å². The van der Waals surface area contributed by atoms with Gasteiger partial charge in [0.2, 0.25) is 0 Å². The third-order valence-corrected chi connectivity index (χ3v) is 10.2. The number of rotatable bonds is 5. The zero-order chi connectivity index (χ0) is 39.3. The van der Waals surface area contributed by atoms with Crippen LogP contribution in [-0.4, -0.2) is 0 Å². The number of furan rings is 1. The number of hydrogen-bond acceptors (Lipinski definition) is 3. The summed E-state index contributed by atoms with van der Waals surface area (Å²) in [6.45, 7) is 0. The van der Waals surface area contributed by atoms with E-state index in [2.05, 4.69) is 0 Å². The Balaban J connectivity index is 1.27. The summed E-state index contributed by atoms with van der Waals surface area (Å²) in [5.41, 5.74) is 2.34. The van der Waals surface area contributed by atoms with Crippen molar-refractivity contribution in [3.05, 3.63) is 176 Å². The van der Waals surface area contributed by atoms with Gasteiger partial charge in [-0.25, -0.2) is 0 Å². The van der Waals surface area contributed by atoms with E-state index in [1.165, 1.54) is 4.90 Å². The lowest BCUT2D eigenvalue weighted by Gasteiger charge is -2.26. The minimum absolute atomic E-state index is 0.112. The van der Waals surface area contributed by atoms with Crippen LogP contribution < -0.4 is 4.90 Å². The molecule has 0 aliphatic rings. The van der Waals surface area contributed by atoms with Crippen molar-refractivity contribution >= 4 is 81.3 Å². The van der Waals surface area contributed by atoms with Gasteiger partial charge in [-0.2, -0.15) is 0 Å². The fourth-order valence-corrected chi connectivity index (χ4v) is 7.78. The third-order valence-electron chi connectivity index (χ3n) is 9.02. The first-order chi connectivity index (χ1) is 27.6. The number of nitrogens with zero attached hydrogens (tertiary/aromatic N) is 1. The summed E-state index contributed by atoms with van der Waals surface area (Å²) in [5, 5.41) is 5.29. The molecular weight excluding hydrogens is 615 g/mol. The second-order valence-corrected chi connectivity index (χ2v) is 13.0. The highest BCUT2D eigenvalue weighted by atomic mass is 32.1. The highest BCUT2D eigenvalue weighted by molar-refractivity contribution is 7.25. The normalized spacial score (nSPS) is 14.0. The van der Waals surface area contributed by atoms with Gasteiger partial charge >= 0.3 is 0 Å². The van der Waals surface area contributed by atoms with Crippen LogP contribution in [0, 0.1) is 0 Å². The molecule has 10 aromatic rings. The summed E-state index contributed by atoms with van der Waals surface area (Å²) < 4.78 is 83.6. The van der Waals surface area contributed by atoms with Crippen LogP contribution in [0.15, 0.2) is 180 Å². The highest BCUT2D eigenvalue weighted by Crippen LogP contribution is 2.42. The van der Waals surface area contributed by atoms with Gasteiger partial charge in [-0.1, -0.05) is 109 Å². The monoisotopic (exact) mass is 651 g/mol. The molecule has 0 aliphatic heterocycles. The molecule has 0 amide bonds. The maximum Gasteiger partial charge on any atom is 0.137 e. The van der Waals surface area contributed by atoms with Gasteiger partial charge in [0.25, 0.3) is 0 Å². The maximum atomic E-state index is 9.79. The second kappa shape index (κ2) is 11.2. The first kappa shape index (κ1) is 20.9. The molecular formula is C46H29NOS. The first-order valence-electron chi connectivity index (χ1n) is 19.9. The molecule has 2 aromatic heterocycles. The standard InChI is InChI=1S/C46H29NOS/c1-2-13-37-30(9-1)10-8-16-38(37)31-19-22-34(23-20-31)47(36-24-25-40-39-14-3-5-17-43(39)48-44(40)29-36)35-12-7-11-32(27-35)33-21-26-46-42(28-33)41-15-4-6-18-45(41)49-46/h1-29H/i7D,11D,12D,19D,20D,22D,23D,27D. The van der Waals surface area contributed by atoms with Gasteiger partial charge in [0.1, 0.15) is 11.2 Å². The lowest BCUT2D eigenvalue weighted by molar-refractivity contribution is 0.669. The number of benzene rings is 8. The first-order valence-corrected chi connectivity index (χ1v) is 16.8. The van der Waals surface area contributed by atoms with Crippen molar-refractivity contribution in [3.8, 4) is 22.3 Å². The van der Waals surface area contributed by atoms with E-state index in [4.69, 9.17) is 7.16 Å². The molecule has 0 bridgehead atoms. The Hall–Kier alpha value is -6.16. The zero-order valence-electron chi connectivity index (χ0n) is 33.9. The minimum atomic E-state index is -0.462. The second-order valence-electron chi connectivity index (χ2n) is 11.9. The van der Waals surface area contributed by atoms with Gasteiger partial charge in [0.15, 0.2) is 0 Å². The Morgan fingerprint density at radius 3 is 2.14 bits per heavy atom. The molecule has 230 valence electrons. The third kappa shape index (κ3) is 4.70. The predicted octanol–water partition coefficient (Wildman–Crippen LogP) is 13.9. The molecule has 2 nitrogen and oxygen atoms in total. The van der Waals surface area contributed by atoms with Crippen LogP contribution in [-0.2, 0) is 0 Å². The number of thiophene rings is 1. The van der Waals surface area contributed by atoms with Gasteiger partial charge in [0.05, 0.1) is 11.0 Å². The number of fused-ring (bicyclic) bond motifs is 7. The Bertz CT molecular complexity index is 3280. The van der Waals surface area contributed by atoms with E-state index in [0.29, 0.717) is 28.0 Å². The molecule has 0 saturated carbocycles. The van der Waals surface area contributed by atoms with Gasteiger partial charge in [-0.15, -0.1) is 11.3 Å². The molecule has 0 saturated heterocycles. The van der Waals surface area contributed by atoms with Gasteiger partial charge < -0.3 is 9.32 Å². The van der Waals surface area contributed by atoms with Crippen LogP contribution in [0.5, 0.6) is 0 Å². The van der Waals surface area contributed by atoms with E-state index >= 15 is 0 Å². The molecule has 0 unspecified atom stereocenters. The minimum Gasteiger partial charge on any atom is -0.456 e. The molecule has 0 spiro atoms. The van der Waals surface area contributed by atoms with Crippen LogP contribution in [0.3, 0.4) is 0 Å². The van der Waals surface area contributed by atoms with Crippen molar-refractivity contribution in [2.45, 2.75) is 0 Å². The summed E-state index contributed by atoms with van der Waals surface area (Å²) in [6.07, 6.45) is 0. The SMILES string of the molecule is [2H]c1c([2H])c(-c2ccc3sc4ccccc4c3c2)c([2H])c(N(c2ccc3c(c2)oc2ccccc23)c2c([2H])c([2H])c(-c3cccc4ccccc34)c([2H])c2[2H])c1[2H]. The molecule has 49 heavy (non-hydrogen) atoms. The molecule has 0 atom stereocenters. The summed E-state index contributed by atoms with van der Waals surface area (Å²) >= 11 is 1.64. The van der Waals surface area contributed by atoms with E-state index < -0.39 is 24.2 Å². The van der Waals surface area contributed by atoms with Gasteiger partial charge in [-0.05, 0) is 93.6 Å². The lowest BCUT2D eigenvalue weighted by Crippen LogP contribution is -2.10. The molecule has 0 N–H and O–H groups in total. The molecule has 8 aromatic carbocycles. The largest absolute Gasteiger partial charge is 0.456 e. The summed E-state index contributed by atoms with van der Waals surface area (Å²) in [6, 6.07) is 36.7. The van der Waals surface area contributed by atoms with Crippen LogP contribution in [0.25, 0.3) is 75.1 Å². The van der Waals surface area contributed by atoms with Crippen LogP contribution in [0.4, 0.5) is 17.1 Å². The topological polar surface area (TPSA) is 16.4 Å². The molecule has 3 heteroatoms. The van der Waals surface area contributed by atoms with Crippen molar-refractivity contribution < 1.29 is 15.4 Å². The lowest BCUT2D eigenvalue weighted by atomic mass is 9.98. The van der Waals surface area contributed by atoms with Crippen molar-refractivity contribution in [2.75, 3.05) is 4.90 Å². The molecule has 10 rings (SSSR count). The average molecular weight is 652 g/mol. The van der Waals surface area contributed by atoms with E-state index in [1.54, 1.807) is 29.5 Å². The van der Waals surface area contributed by atoms with Crippen LogP contribution in [0.2, 0.25) is 0 Å². The van der Waals surface area contributed by atoms with E-state index in [9.17, 15) is 8.22 Å². The van der Waals surface area contributed by atoms with Gasteiger partial charge in [-0.3, -0.25) is 0 Å². The smallest absolute Gasteiger partial charge is 0.137 e. The quantitative estimate of drug-likeness (QED) is 0.184. The van der Waals surface area contributed by atoms with Crippen molar-refractivity contribution in [1.82, 2.24) is 0 Å². The zero-order valence-corrected chi connectivity index (χ0v) is 26.7. The Labute approximate surface area is 299 Å². The van der Waals surface area contributed by atoms with Crippen molar-refractivity contribution in [2.24, 2.45) is 0 Å². The molecule has 0 radical (unpaired) electrons. The van der Waals surface area contributed by atoms with E-state index in [-0.39, 0.29) is 46.7 Å². The average Bonchev–Trinajstić information content (AvgIpc) is 3.79. The summed E-state index contributed by atoms with van der Waals surface area (Å²) in [4.78, 5) is 1.37. The highest BCUT2D eigenvalue weighted by Gasteiger charge is 2.17. The van der Waals surface area contributed by atoms with Crippen LogP contribution in [0.1, 0.15) is 11.0 Å². The van der Waals surface area contributed by atoms with Crippen LogP contribution >= 0.6 is 11.3 Å². The van der Waals surface area contributed by atoms with Crippen molar-refractivity contribution in [3.63, 3.8) is 0 Å². The maximum absolute atomic E-state index is 9.79.